The fourth-order valence-electron chi connectivity index (χ4n) is 3.39. The van der Waals surface area contributed by atoms with Crippen molar-refractivity contribution in [1.82, 2.24) is 15.0 Å². The Hall–Kier alpha value is -3.94. The number of nitro groups is 2. The minimum atomic E-state index is -0.546. The van der Waals surface area contributed by atoms with E-state index in [4.69, 9.17) is 16.3 Å². The van der Waals surface area contributed by atoms with Gasteiger partial charge in [0.25, 0.3) is 0 Å². The maximum atomic E-state index is 11.3. The quantitative estimate of drug-likeness (QED) is 0.148. The minimum absolute atomic E-state index is 0.105. The molecule has 0 radical (unpaired) electrons. The van der Waals surface area contributed by atoms with E-state index < -0.39 is 9.85 Å². The molecule has 0 spiro atoms. The van der Waals surface area contributed by atoms with Crippen molar-refractivity contribution in [2.75, 3.05) is 12.4 Å². The molecular weight excluding hydrogens is 648 g/mol. The van der Waals surface area contributed by atoms with Gasteiger partial charge >= 0.3 is 11.4 Å². The van der Waals surface area contributed by atoms with Gasteiger partial charge in [-0.15, -0.1) is 0 Å². The van der Waals surface area contributed by atoms with Crippen molar-refractivity contribution in [3.05, 3.63) is 101 Å². The summed E-state index contributed by atoms with van der Waals surface area (Å²) in [5, 5.41) is 26.3. The Balaban J connectivity index is 0.000000194. The summed E-state index contributed by atoms with van der Waals surface area (Å²) in [5.74, 6) is 0.465. The summed E-state index contributed by atoms with van der Waals surface area (Å²) >= 11 is 12.6. The number of methoxy groups -OCH3 is 1. The Bertz CT molecular complexity index is 1690. The van der Waals surface area contributed by atoms with Crippen LogP contribution in [0, 0.1) is 20.2 Å². The number of hydrogen-bond acceptors (Lipinski definition) is 9. The molecule has 192 valence electrons. The molecule has 0 saturated heterocycles. The monoisotopic (exact) mass is 660 g/mol. The first kappa shape index (κ1) is 27.1. The topological polar surface area (TPSA) is 146 Å². The van der Waals surface area contributed by atoms with Gasteiger partial charge in [0.05, 0.1) is 39.9 Å². The lowest BCUT2D eigenvalue weighted by Crippen LogP contribution is -2.00. The number of benzene rings is 2. The zero-order valence-electron chi connectivity index (χ0n) is 19.3. The molecule has 0 aliphatic rings. The van der Waals surface area contributed by atoms with Crippen molar-refractivity contribution >= 4 is 88.0 Å². The summed E-state index contributed by atoms with van der Waals surface area (Å²) < 4.78 is 6.62. The lowest BCUT2D eigenvalue weighted by molar-refractivity contribution is -0.384. The van der Waals surface area contributed by atoms with Gasteiger partial charge in [-0.25, -0.2) is 15.0 Å². The van der Waals surface area contributed by atoms with Crippen LogP contribution in [0.5, 0.6) is 5.88 Å². The first-order chi connectivity index (χ1) is 18.2. The molecule has 0 aliphatic heterocycles. The maximum absolute atomic E-state index is 11.3. The van der Waals surface area contributed by atoms with E-state index in [0.29, 0.717) is 39.1 Å². The fraction of sp³-hybridized carbons (Fsp3) is 0.0417. The van der Waals surface area contributed by atoms with Crippen molar-refractivity contribution in [2.24, 2.45) is 0 Å². The highest BCUT2D eigenvalue weighted by atomic mass is 79.9. The highest BCUT2D eigenvalue weighted by molar-refractivity contribution is 9.10. The molecule has 14 heteroatoms. The van der Waals surface area contributed by atoms with E-state index in [2.05, 4.69) is 52.1 Å². The first-order valence-electron chi connectivity index (χ1n) is 10.6. The van der Waals surface area contributed by atoms with Crippen molar-refractivity contribution in [3.8, 4) is 5.88 Å². The number of nitrogens with one attached hydrogen (secondary N) is 1. The van der Waals surface area contributed by atoms with Crippen LogP contribution in [0.15, 0.2) is 76.1 Å². The van der Waals surface area contributed by atoms with Gasteiger partial charge in [-0.2, -0.15) is 0 Å². The SMILES string of the molecule is COc1ccc(Nc2c([N+](=O)[O-])cnc3ccc(Br)cc23)cn1.O=[N+]([O-])c1cnc2ccc(Br)cc2c1Cl. The minimum Gasteiger partial charge on any atom is -0.481 e. The van der Waals surface area contributed by atoms with Crippen LogP contribution in [-0.4, -0.2) is 31.9 Å². The molecule has 0 bridgehead atoms. The molecule has 5 rings (SSSR count). The molecule has 0 unspecified atom stereocenters. The molecule has 0 fully saturated rings. The summed E-state index contributed by atoms with van der Waals surface area (Å²) in [5.41, 5.74) is 1.99. The number of ether oxygens (including phenoxy) is 1. The van der Waals surface area contributed by atoms with Crippen LogP contribution in [-0.2, 0) is 0 Å². The highest BCUT2D eigenvalue weighted by Gasteiger charge is 2.19. The molecule has 11 nitrogen and oxygen atoms in total. The molecule has 0 amide bonds. The first-order valence-corrected chi connectivity index (χ1v) is 12.5. The van der Waals surface area contributed by atoms with Crippen LogP contribution < -0.4 is 10.1 Å². The summed E-state index contributed by atoms with van der Waals surface area (Å²) in [6, 6.07) is 14.1. The van der Waals surface area contributed by atoms with Crippen LogP contribution >= 0.6 is 43.5 Å². The van der Waals surface area contributed by atoms with Crippen LogP contribution in [0.3, 0.4) is 0 Å². The summed E-state index contributed by atoms with van der Waals surface area (Å²) in [4.78, 5) is 33.1. The Morgan fingerprint density at radius 3 is 1.95 bits per heavy atom. The predicted molar refractivity (Wildman–Crippen MR) is 151 cm³/mol. The standard InChI is InChI=1S/C15H11BrN4O3.C9H4BrClN2O2/c1-23-14-5-3-10(7-18-14)19-15-11-6-9(16)2-4-12(11)17-8-13(15)20(21)22;10-5-1-2-7-6(3-5)9(11)8(4-12-7)13(14)15/h2-8H,1H3,(H,17,19);1-4H. The summed E-state index contributed by atoms with van der Waals surface area (Å²) in [6.07, 6.45) is 3.96. The largest absolute Gasteiger partial charge is 0.481 e. The maximum Gasteiger partial charge on any atom is 0.311 e. The zero-order valence-corrected chi connectivity index (χ0v) is 23.2. The summed E-state index contributed by atoms with van der Waals surface area (Å²) in [6.45, 7) is 0. The molecule has 3 heterocycles. The number of hydrogen-bond donors (Lipinski definition) is 1. The van der Waals surface area contributed by atoms with Crippen molar-refractivity contribution < 1.29 is 14.6 Å². The Morgan fingerprint density at radius 1 is 0.816 bits per heavy atom. The highest BCUT2D eigenvalue weighted by Crippen LogP contribution is 2.35. The lowest BCUT2D eigenvalue weighted by Gasteiger charge is -2.10. The van der Waals surface area contributed by atoms with E-state index >= 15 is 0 Å². The molecule has 1 N–H and O–H groups in total. The smallest absolute Gasteiger partial charge is 0.311 e. The number of halogens is 3. The Morgan fingerprint density at radius 2 is 1.39 bits per heavy atom. The van der Waals surface area contributed by atoms with Crippen molar-refractivity contribution in [3.63, 3.8) is 0 Å². The molecule has 0 aliphatic carbocycles. The van der Waals surface area contributed by atoms with Crippen LogP contribution in [0.2, 0.25) is 5.02 Å². The number of fused-ring (bicyclic) bond motifs is 2. The zero-order chi connectivity index (χ0) is 27.4. The molecule has 5 aromatic rings. The molecule has 0 saturated carbocycles. The van der Waals surface area contributed by atoms with Gasteiger partial charge in [0.1, 0.15) is 23.1 Å². The van der Waals surface area contributed by atoms with Gasteiger partial charge in [-0.05, 0) is 42.5 Å². The van der Waals surface area contributed by atoms with Crippen LogP contribution in [0.4, 0.5) is 22.7 Å². The summed E-state index contributed by atoms with van der Waals surface area (Å²) in [7, 11) is 1.52. The Kier molecular flexibility index (Phi) is 8.29. The van der Waals surface area contributed by atoms with E-state index in [1.54, 1.807) is 48.7 Å². The molecule has 0 atom stereocenters. The fourth-order valence-corrected chi connectivity index (χ4v) is 4.38. The van der Waals surface area contributed by atoms with Gasteiger partial charge in [-0.3, -0.25) is 20.2 Å². The van der Waals surface area contributed by atoms with E-state index in [9.17, 15) is 20.2 Å². The average molecular weight is 663 g/mol. The van der Waals surface area contributed by atoms with E-state index in [1.807, 2.05) is 6.07 Å². The Labute approximate surface area is 236 Å². The number of pyridine rings is 3. The third-order valence-corrected chi connectivity index (χ3v) is 6.55. The van der Waals surface area contributed by atoms with Gasteiger partial charge in [-0.1, -0.05) is 43.5 Å². The third kappa shape index (κ3) is 5.96. The number of aromatic nitrogens is 3. The normalized spacial score (nSPS) is 10.5. The molecule has 2 aromatic carbocycles. The second-order valence-electron chi connectivity index (χ2n) is 7.53. The van der Waals surface area contributed by atoms with E-state index in [1.165, 1.54) is 19.5 Å². The molecule has 3 aromatic heterocycles. The van der Waals surface area contributed by atoms with Gasteiger partial charge in [0.2, 0.25) is 5.88 Å². The number of rotatable bonds is 5. The second-order valence-corrected chi connectivity index (χ2v) is 9.74. The van der Waals surface area contributed by atoms with Gasteiger partial charge in [0, 0.05) is 25.8 Å². The van der Waals surface area contributed by atoms with Crippen molar-refractivity contribution in [1.29, 1.82) is 0 Å². The third-order valence-electron chi connectivity index (χ3n) is 5.16. The van der Waals surface area contributed by atoms with E-state index in [0.717, 1.165) is 8.95 Å². The van der Waals surface area contributed by atoms with E-state index in [-0.39, 0.29) is 16.4 Å². The van der Waals surface area contributed by atoms with Crippen LogP contribution in [0.1, 0.15) is 0 Å². The van der Waals surface area contributed by atoms with Crippen LogP contribution in [0.25, 0.3) is 21.8 Å². The lowest BCUT2D eigenvalue weighted by atomic mass is 10.1. The average Bonchev–Trinajstić information content (AvgIpc) is 2.90. The second kappa shape index (κ2) is 11.6. The molecular formula is C24H15Br2ClN6O5. The van der Waals surface area contributed by atoms with Crippen molar-refractivity contribution in [2.45, 2.75) is 0 Å². The van der Waals surface area contributed by atoms with Gasteiger partial charge < -0.3 is 10.1 Å². The molecule has 38 heavy (non-hydrogen) atoms. The number of nitrogens with zero attached hydrogens (tertiary/aromatic N) is 5. The van der Waals surface area contributed by atoms with Gasteiger partial charge in [0.15, 0.2) is 0 Å². The predicted octanol–water partition coefficient (Wildman–Crippen LogP) is 7.61. The number of anilines is 2.